The molecule has 0 saturated heterocycles. The molecule has 0 aliphatic rings. The number of aryl methyl sites for hydroxylation is 1. The summed E-state index contributed by atoms with van der Waals surface area (Å²) in [7, 11) is 0. The number of fused-ring (bicyclic) bond motifs is 1. The largest absolute Gasteiger partial charge is 0.494 e. The number of anilines is 1. The lowest BCUT2D eigenvalue weighted by molar-refractivity contribution is 0.252. The molecule has 1 heterocycles. The first-order valence-electron chi connectivity index (χ1n) is 12.1. The average Bonchev–Trinajstić information content (AvgIpc) is 3.22. The Morgan fingerprint density at radius 2 is 1.74 bits per heavy atom. The Labute approximate surface area is 201 Å². The molecule has 5 nitrogen and oxygen atoms in total. The number of nitrogens with zero attached hydrogens (tertiary/aromatic N) is 1. The summed E-state index contributed by atoms with van der Waals surface area (Å²) in [5.74, 6) is 0.898. The van der Waals surface area contributed by atoms with Crippen LogP contribution in [-0.2, 0) is 13.0 Å². The van der Waals surface area contributed by atoms with Crippen LogP contribution in [0.1, 0.15) is 32.3 Å². The second-order valence-corrected chi connectivity index (χ2v) is 8.38. The summed E-state index contributed by atoms with van der Waals surface area (Å²) in [5.41, 5.74) is 5.47. The third-order valence-corrected chi connectivity index (χ3v) is 5.90. The van der Waals surface area contributed by atoms with Crippen LogP contribution < -0.4 is 15.4 Å². The van der Waals surface area contributed by atoms with Gasteiger partial charge in [-0.15, -0.1) is 0 Å². The van der Waals surface area contributed by atoms with Crippen LogP contribution in [0, 0.1) is 0 Å². The lowest BCUT2D eigenvalue weighted by Gasteiger charge is -2.12. The second kappa shape index (κ2) is 11.4. The predicted octanol–water partition coefficient (Wildman–Crippen LogP) is 6.87. The second-order valence-electron chi connectivity index (χ2n) is 8.38. The van der Waals surface area contributed by atoms with Gasteiger partial charge in [-0.3, -0.25) is 0 Å². The summed E-state index contributed by atoms with van der Waals surface area (Å²) in [6, 6.07) is 26.5. The summed E-state index contributed by atoms with van der Waals surface area (Å²) >= 11 is 0. The number of aromatic nitrogens is 1. The normalized spacial score (nSPS) is 10.9. The first kappa shape index (κ1) is 23.4. The molecule has 4 rings (SSSR count). The van der Waals surface area contributed by atoms with E-state index in [-0.39, 0.29) is 6.03 Å². The van der Waals surface area contributed by atoms with E-state index < -0.39 is 0 Å². The van der Waals surface area contributed by atoms with Gasteiger partial charge < -0.3 is 19.9 Å². The van der Waals surface area contributed by atoms with Crippen LogP contribution in [0.3, 0.4) is 0 Å². The van der Waals surface area contributed by atoms with Crippen molar-refractivity contribution >= 4 is 22.6 Å². The van der Waals surface area contributed by atoms with Gasteiger partial charge in [0.25, 0.3) is 0 Å². The van der Waals surface area contributed by atoms with Gasteiger partial charge in [0.1, 0.15) is 5.75 Å². The SMILES string of the molecule is CCCCn1c(-c2ccc(NC(=O)NCCc3ccccc3)cc2)cc2ccc(OCC)cc21. The van der Waals surface area contributed by atoms with E-state index in [4.69, 9.17) is 4.74 Å². The summed E-state index contributed by atoms with van der Waals surface area (Å²) in [4.78, 5) is 12.3. The van der Waals surface area contributed by atoms with Gasteiger partial charge in [0.2, 0.25) is 0 Å². The van der Waals surface area contributed by atoms with Gasteiger partial charge in [-0.2, -0.15) is 0 Å². The number of ether oxygens (including phenoxy) is 1. The lowest BCUT2D eigenvalue weighted by Crippen LogP contribution is -2.30. The fraction of sp³-hybridized carbons (Fsp3) is 0.276. The number of hydrogen-bond donors (Lipinski definition) is 2. The van der Waals surface area contributed by atoms with E-state index in [0.717, 1.165) is 42.8 Å². The van der Waals surface area contributed by atoms with E-state index in [1.165, 1.54) is 22.2 Å². The van der Waals surface area contributed by atoms with Gasteiger partial charge in [0, 0.05) is 35.9 Å². The van der Waals surface area contributed by atoms with Gasteiger partial charge >= 0.3 is 6.03 Å². The highest BCUT2D eigenvalue weighted by atomic mass is 16.5. The van der Waals surface area contributed by atoms with Crippen molar-refractivity contribution in [2.75, 3.05) is 18.5 Å². The third-order valence-electron chi connectivity index (χ3n) is 5.90. The summed E-state index contributed by atoms with van der Waals surface area (Å²) in [6.45, 7) is 6.42. The molecule has 0 aliphatic heterocycles. The minimum Gasteiger partial charge on any atom is -0.494 e. The van der Waals surface area contributed by atoms with Crippen LogP contribution in [0.5, 0.6) is 5.75 Å². The quantitative estimate of drug-likeness (QED) is 0.274. The Bertz CT molecular complexity index is 1210. The Hall–Kier alpha value is -3.73. The summed E-state index contributed by atoms with van der Waals surface area (Å²) < 4.78 is 8.11. The molecule has 0 atom stereocenters. The number of benzene rings is 3. The molecule has 34 heavy (non-hydrogen) atoms. The minimum atomic E-state index is -0.191. The Balaban J connectivity index is 1.46. The fourth-order valence-electron chi connectivity index (χ4n) is 4.15. The molecule has 0 unspecified atom stereocenters. The van der Waals surface area contributed by atoms with Crippen LogP contribution in [0.4, 0.5) is 10.5 Å². The number of rotatable bonds is 10. The molecule has 0 spiro atoms. The first-order valence-corrected chi connectivity index (χ1v) is 12.1. The van der Waals surface area contributed by atoms with Crippen molar-refractivity contribution in [2.45, 2.75) is 39.7 Å². The van der Waals surface area contributed by atoms with Crippen LogP contribution in [0.2, 0.25) is 0 Å². The zero-order valence-electron chi connectivity index (χ0n) is 20.0. The van der Waals surface area contributed by atoms with E-state index >= 15 is 0 Å². The molecule has 176 valence electrons. The molecule has 0 saturated carbocycles. The fourth-order valence-corrected chi connectivity index (χ4v) is 4.15. The van der Waals surface area contributed by atoms with Crippen LogP contribution in [-0.4, -0.2) is 23.7 Å². The number of urea groups is 1. The molecule has 0 bridgehead atoms. The number of carbonyl (C=O) groups is 1. The van der Waals surface area contributed by atoms with E-state index in [2.05, 4.69) is 64.6 Å². The van der Waals surface area contributed by atoms with Crippen LogP contribution in [0.25, 0.3) is 22.2 Å². The highest BCUT2D eigenvalue weighted by Crippen LogP contribution is 2.32. The summed E-state index contributed by atoms with van der Waals surface area (Å²) in [5, 5.41) is 7.06. The standard InChI is InChI=1S/C29H33N3O2/c1-3-5-19-32-27(20-24-13-16-26(34-4-2)21-28(24)32)23-11-14-25(15-12-23)31-29(33)30-18-17-22-9-7-6-8-10-22/h6-16,20-21H,3-5,17-19H2,1-2H3,(H2,30,31,33). The van der Waals surface area contributed by atoms with E-state index in [9.17, 15) is 4.79 Å². The smallest absolute Gasteiger partial charge is 0.319 e. The third kappa shape index (κ3) is 5.79. The maximum absolute atomic E-state index is 12.3. The Morgan fingerprint density at radius 1 is 0.941 bits per heavy atom. The van der Waals surface area contributed by atoms with Crippen molar-refractivity contribution in [3.8, 4) is 17.0 Å². The molecule has 2 amide bonds. The van der Waals surface area contributed by atoms with Crippen LogP contribution >= 0.6 is 0 Å². The lowest BCUT2D eigenvalue weighted by atomic mass is 10.1. The molecule has 0 aliphatic carbocycles. The zero-order valence-corrected chi connectivity index (χ0v) is 20.0. The maximum atomic E-state index is 12.3. The molecule has 0 fully saturated rings. The van der Waals surface area contributed by atoms with Crippen molar-refractivity contribution < 1.29 is 9.53 Å². The molecule has 3 aromatic carbocycles. The van der Waals surface area contributed by atoms with Crippen molar-refractivity contribution in [3.05, 3.63) is 84.4 Å². The van der Waals surface area contributed by atoms with E-state index in [0.29, 0.717) is 13.2 Å². The maximum Gasteiger partial charge on any atom is 0.319 e. The molecular formula is C29H33N3O2. The van der Waals surface area contributed by atoms with Gasteiger partial charge in [0.05, 0.1) is 12.1 Å². The van der Waals surface area contributed by atoms with Crippen molar-refractivity contribution in [1.82, 2.24) is 9.88 Å². The number of nitrogens with one attached hydrogen (secondary N) is 2. The minimum absolute atomic E-state index is 0.191. The van der Waals surface area contributed by atoms with Crippen molar-refractivity contribution in [3.63, 3.8) is 0 Å². The Kier molecular flexibility index (Phi) is 7.87. The van der Waals surface area contributed by atoms with Crippen molar-refractivity contribution in [1.29, 1.82) is 0 Å². The van der Waals surface area contributed by atoms with Gasteiger partial charge in [-0.25, -0.2) is 4.79 Å². The molecule has 2 N–H and O–H groups in total. The van der Waals surface area contributed by atoms with E-state index in [1.807, 2.05) is 43.3 Å². The average molecular weight is 456 g/mol. The summed E-state index contributed by atoms with van der Waals surface area (Å²) in [6.07, 6.45) is 3.05. The van der Waals surface area contributed by atoms with Gasteiger partial charge in [-0.05, 0) is 61.2 Å². The highest BCUT2D eigenvalue weighted by Gasteiger charge is 2.12. The first-order chi connectivity index (χ1) is 16.7. The zero-order chi connectivity index (χ0) is 23.8. The molecule has 0 radical (unpaired) electrons. The number of carbonyl (C=O) groups excluding carboxylic acids is 1. The number of amides is 2. The Morgan fingerprint density at radius 3 is 2.47 bits per heavy atom. The molecule has 5 heteroatoms. The van der Waals surface area contributed by atoms with Crippen molar-refractivity contribution in [2.24, 2.45) is 0 Å². The molecule has 4 aromatic rings. The monoisotopic (exact) mass is 455 g/mol. The topological polar surface area (TPSA) is 55.3 Å². The molecule has 1 aromatic heterocycles. The van der Waals surface area contributed by atoms with Gasteiger partial charge in [0.15, 0.2) is 0 Å². The van der Waals surface area contributed by atoms with Gasteiger partial charge in [-0.1, -0.05) is 55.8 Å². The number of hydrogen-bond acceptors (Lipinski definition) is 2. The van der Waals surface area contributed by atoms with Crippen LogP contribution in [0.15, 0.2) is 78.9 Å². The highest BCUT2D eigenvalue weighted by molar-refractivity contribution is 5.90. The van der Waals surface area contributed by atoms with E-state index in [1.54, 1.807) is 0 Å². The number of unbranched alkanes of at least 4 members (excludes halogenated alkanes) is 1. The molecular weight excluding hydrogens is 422 g/mol. The predicted molar refractivity (Wildman–Crippen MR) is 141 cm³/mol.